The Morgan fingerprint density at radius 1 is 1.22 bits per heavy atom. The predicted molar refractivity (Wildman–Crippen MR) is 100 cm³/mol. The van der Waals surface area contributed by atoms with E-state index in [2.05, 4.69) is 15.3 Å². The number of rotatable bonds is 3. The van der Waals surface area contributed by atoms with Crippen LogP contribution in [0.1, 0.15) is 53.5 Å². The van der Waals surface area contributed by atoms with Gasteiger partial charge in [-0.2, -0.15) is 5.26 Å². The number of nitrogens with one attached hydrogen (secondary N) is 1. The van der Waals surface area contributed by atoms with Crippen LogP contribution in [-0.2, 0) is 0 Å². The van der Waals surface area contributed by atoms with Crippen molar-refractivity contribution in [3.8, 4) is 6.07 Å². The fourth-order valence-corrected chi connectivity index (χ4v) is 3.65. The number of amides is 1. The van der Waals surface area contributed by atoms with Crippen molar-refractivity contribution >= 4 is 28.6 Å². The standard InChI is InChI=1S/C20H17ClN4O2/c21-14-3-6-18-17(10-14)25-20(27-18)12-1-4-15(5-2-12)24-19(26)13-7-8-23-16(9-13)11-22/h3,6-10,12,15H,1-2,4-5H2,(H,24,26). The van der Waals surface area contributed by atoms with Crippen LogP contribution in [0.4, 0.5) is 0 Å². The average Bonchev–Trinajstić information content (AvgIpc) is 3.11. The lowest BCUT2D eigenvalue weighted by atomic mass is 9.86. The molecule has 3 aromatic rings. The Kier molecular flexibility index (Phi) is 4.78. The third-order valence-electron chi connectivity index (χ3n) is 4.91. The number of pyridine rings is 1. The number of hydrogen-bond donors (Lipinski definition) is 1. The molecule has 0 bridgehead atoms. The van der Waals surface area contributed by atoms with Crippen LogP contribution in [0.2, 0.25) is 5.02 Å². The van der Waals surface area contributed by atoms with Crippen molar-refractivity contribution in [2.45, 2.75) is 37.6 Å². The highest BCUT2D eigenvalue weighted by molar-refractivity contribution is 6.31. The van der Waals surface area contributed by atoms with E-state index in [1.54, 1.807) is 18.2 Å². The number of fused-ring (bicyclic) bond motifs is 1. The average molecular weight is 381 g/mol. The van der Waals surface area contributed by atoms with Gasteiger partial charge in [0.2, 0.25) is 0 Å². The molecule has 0 spiro atoms. The minimum absolute atomic E-state index is 0.103. The van der Waals surface area contributed by atoms with Gasteiger partial charge in [-0.1, -0.05) is 11.6 Å². The van der Waals surface area contributed by atoms with E-state index in [0.29, 0.717) is 10.6 Å². The number of halogens is 1. The Bertz CT molecular complexity index is 1030. The molecule has 1 amide bonds. The van der Waals surface area contributed by atoms with Crippen molar-refractivity contribution in [1.29, 1.82) is 5.26 Å². The van der Waals surface area contributed by atoms with E-state index >= 15 is 0 Å². The SMILES string of the molecule is N#Cc1cc(C(=O)NC2CCC(c3nc4cc(Cl)ccc4o3)CC2)ccn1. The molecule has 6 nitrogen and oxygen atoms in total. The van der Waals surface area contributed by atoms with Crippen LogP contribution < -0.4 is 5.32 Å². The van der Waals surface area contributed by atoms with E-state index in [9.17, 15) is 4.79 Å². The number of benzene rings is 1. The molecule has 2 aromatic heterocycles. The summed E-state index contributed by atoms with van der Waals surface area (Å²) in [4.78, 5) is 20.9. The fourth-order valence-electron chi connectivity index (χ4n) is 3.48. The number of nitrogens with zero attached hydrogens (tertiary/aromatic N) is 3. The van der Waals surface area contributed by atoms with Gasteiger partial charge < -0.3 is 9.73 Å². The summed E-state index contributed by atoms with van der Waals surface area (Å²) in [7, 11) is 0. The largest absolute Gasteiger partial charge is 0.440 e. The van der Waals surface area contributed by atoms with Crippen molar-refractivity contribution in [2.24, 2.45) is 0 Å². The van der Waals surface area contributed by atoms with Gasteiger partial charge in [-0.25, -0.2) is 9.97 Å². The molecule has 0 aliphatic heterocycles. The molecule has 7 heteroatoms. The molecule has 27 heavy (non-hydrogen) atoms. The smallest absolute Gasteiger partial charge is 0.251 e. The molecule has 1 aliphatic rings. The first-order valence-electron chi connectivity index (χ1n) is 8.85. The molecule has 1 saturated carbocycles. The second-order valence-corrected chi connectivity index (χ2v) is 7.16. The first-order chi connectivity index (χ1) is 13.1. The highest BCUT2D eigenvalue weighted by atomic mass is 35.5. The Balaban J connectivity index is 1.38. The molecule has 1 aromatic carbocycles. The summed E-state index contributed by atoms with van der Waals surface area (Å²) in [6.07, 6.45) is 4.97. The molecule has 1 aliphatic carbocycles. The summed E-state index contributed by atoms with van der Waals surface area (Å²) in [5.74, 6) is 0.814. The second kappa shape index (κ2) is 7.37. The van der Waals surface area contributed by atoms with Gasteiger partial charge in [-0.3, -0.25) is 4.79 Å². The number of carbonyl (C=O) groups excluding carboxylic acids is 1. The summed E-state index contributed by atoms with van der Waals surface area (Å²) in [5, 5.41) is 12.6. The van der Waals surface area contributed by atoms with Crippen LogP contribution >= 0.6 is 11.6 Å². The summed E-state index contributed by atoms with van der Waals surface area (Å²) >= 11 is 6.01. The number of carbonyl (C=O) groups is 1. The molecule has 136 valence electrons. The number of hydrogen-bond acceptors (Lipinski definition) is 5. The van der Waals surface area contributed by atoms with Gasteiger partial charge >= 0.3 is 0 Å². The zero-order chi connectivity index (χ0) is 18.8. The molecule has 1 N–H and O–H groups in total. The highest BCUT2D eigenvalue weighted by Gasteiger charge is 2.27. The van der Waals surface area contributed by atoms with E-state index in [1.165, 1.54) is 12.3 Å². The van der Waals surface area contributed by atoms with Crippen LogP contribution in [0.25, 0.3) is 11.1 Å². The zero-order valence-corrected chi connectivity index (χ0v) is 15.2. The minimum Gasteiger partial charge on any atom is -0.440 e. The topological polar surface area (TPSA) is 91.8 Å². The number of oxazole rings is 1. The molecule has 0 saturated heterocycles. The van der Waals surface area contributed by atoms with Crippen LogP contribution in [-0.4, -0.2) is 21.9 Å². The Morgan fingerprint density at radius 3 is 2.81 bits per heavy atom. The van der Waals surface area contributed by atoms with Gasteiger partial charge in [-0.05, 0) is 56.0 Å². The van der Waals surface area contributed by atoms with Crippen LogP contribution in [0.15, 0.2) is 40.9 Å². The fraction of sp³-hybridized carbons (Fsp3) is 0.300. The van der Waals surface area contributed by atoms with E-state index in [4.69, 9.17) is 21.3 Å². The molecule has 0 radical (unpaired) electrons. The maximum Gasteiger partial charge on any atom is 0.251 e. The van der Waals surface area contributed by atoms with Crippen molar-refractivity contribution in [3.05, 3.63) is 58.7 Å². The molecular weight excluding hydrogens is 364 g/mol. The summed E-state index contributed by atoms with van der Waals surface area (Å²) in [5.41, 5.74) is 2.22. The van der Waals surface area contributed by atoms with Crippen molar-refractivity contribution in [1.82, 2.24) is 15.3 Å². The summed E-state index contributed by atoms with van der Waals surface area (Å²) in [6.45, 7) is 0. The summed E-state index contributed by atoms with van der Waals surface area (Å²) < 4.78 is 5.88. The molecule has 4 rings (SSSR count). The van der Waals surface area contributed by atoms with Crippen LogP contribution in [0.5, 0.6) is 0 Å². The van der Waals surface area contributed by atoms with Crippen molar-refractivity contribution in [2.75, 3.05) is 0 Å². The van der Waals surface area contributed by atoms with E-state index < -0.39 is 0 Å². The van der Waals surface area contributed by atoms with Crippen LogP contribution in [0, 0.1) is 11.3 Å². The molecule has 2 heterocycles. The predicted octanol–water partition coefficient (Wildman–Crippen LogP) is 4.20. The second-order valence-electron chi connectivity index (χ2n) is 6.73. The number of aromatic nitrogens is 2. The van der Waals surface area contributed by atoms with Crippen LogP contribution in [0.3, 0.4) is 0 Å². The maximum atomic E-state index is 12.4. The normalized spacial score (nSPS) is 19.6. The van der Waals surface area contributed by atoms with Crippen molar-refractivity contribution in [3.63, 3.8) is 0 Å². The minimum atomic E-state index is -0.172. The third-order valence-corrected chi connectivity index (χ3v) is 5.15. The highest BCUT2D eigenvalue weighted by Crippen LogP contribution is 2.34. The molecule has 0 unspecified atom stereocenters. The van der Waals surface area contributed by atoms with E-state index in [1.807, 2.05) is 12.1 Å². The van der Waals surface area contributed by atoms with Gasteiger partial charge in [0.15, 0.2) is 11.5 Å². The first kappa shape index (κ1) is 17.5. The third kappa shape index (κ3) is 3.79. The zero-order valence-electron chi connectivity index (χ0n) is 14.5. The van der Waals surface area contributed by atoms with E-state index in [-0.39, 0.29) is 23.6 Å². The van der Waals surface area contributed by atoms with E-state index in [0.717, 1.165) is 42.7 Å². The van der Waals surface area contributed by atoms with Gasteiger partial charge in [0.25, 0.3) is 5.91 Å². The molecule has 0 atom stereocenters. The monoisotopic (exact) mass is 380 g/mol. The Hall–Kier alpha value is -2.91. The quantitative estimate of drug-likeness (QED) is 0.735. The summed E-state index contributed by atoms with van der Waals surface area (Å²) in [6, 6.07) is 10.6. The van der Waals surface area contributed by atoms with Gasteiger partial charge in [0, 0.05) is 28.7 Å². The van der Waals surface area contributed by atoms with Gasteiger partial charge in [0.05, 0.1) is 0 Å². The maximum absolute atomic E-state index is 12.4. The van der Waals surface area contributed by atoms with Crippen molar-refractivity contribution < 1.29 is 9.21 Å². The molecule has 1 fully saturated rings. The Morgan fingerprint density at radius 2 is 2.04 bits per heavy atom. The van der Waals surface area contributed by atoms with Gasteiger partial charge in [-0.15, -0.1) is 0 Å². The lowest BCUT2D eigenvalue weighted by Gasteiger charge is -2.27. The molecular formula is C20H17ClN4O2. The number of nitriles is 1. The lowest BCUT2D eigenvalue weighted by molar-refractivity contribution is 0.0925. The first-order valence-corrected chi connectivity index (χ1v) is 9.23. The lowest BCUT2D eigenvalue weighted by Crippen LogP contribution is -2.37. The Labute approximate surface area is 161 Å². The van der Waals surface area contributed by atoms with Gasteiger partial charge in [0.1, 0.15) is 17.3 Å².